The second kappa shape index (κ2) is 9.86. The fourth-order valence-corrected chi connectivity index (χ4v) is 6.06. The van der Waals surface area contributed by atoms with E-state index in [9.17, 15) is 9.90 Å². The van der Waals surface area contributed by atoms with Crippen molar-refractivity contribution in [3.63, 3.8) is 0 Å². The first kappa shape index (κ1) is 23.1. The topological polar surface area (TPSA) is 64.6 Å². The number of aliphatic hydroxyl groups is 1. The van der Waals surface area contributed by atoms with Gasteiger partial charge in [0.25, 0.3) is 5.91 Å². The number of carbonyl (C=O) groups is 1. The summed E-state index contributed by atoms with van der Waals surface area (Å²) in [5, 5.41) is 17.2. The fourth-order valence-electron chi connectivity index (χ4n) is 5.01. The summed E-state index contributed by atoms with van der Waals surface area (Å²) in [4.78, 5) is 17.6. The number of aliphatic hydroxyl groups excluding tert-OH is 1. The van der Waals surface area contributed by atoms with Crippen LogP contribution in [0, 0.1) is 5.92 Å². The third-order valence-electron chi connectivity index (χ3n) is 6.73. The van der Waals surface area contributed by atoms with Crippen molar-refractivity contribution in [1.29, 1.82) is 0 Å². The molecule has 2 aliphatic heterocycles. The Hall–Kier alpha value is -2.02. The number of hydrogen-bond donors (Lipinski definition) is 3. The first-order valence-corrected chi connectivity index (χ1v) is 12.6. The Kier molecular flexibility index (Phi) is 7.13. The molecule has 1 amide bonds. The van der Waals surface area contributed by atoms with E-state index in [2.05, 4.69) is 66.6 Å². The van der Waals surface area contributed by atoms with E-state index in [1.807, 2.05) is 12.1 Å². The van der Waals surface area contributed by atoms with Crippen LogP contribution in [-0.2, 0) is 0 Å². The van der Waals surface area contributed by atoms with Crippen LogP contribution >= 0.6 is 11.8 Å². The second-order valence-corrected chi connectivity index (χ2v) is 10.4. The molecule has 5 nitrogen and oxygen atoms in total. The summed E-state index contributed by atoms with van der Waals surface area (Å²) < 4.78 is 0. The minimum atomic E-state index is -0.351. The van der Waals surface area contributed by atoms with Gasteiger partial charge >= 0.3 is 0 Å². The van der Waals surface area contributed by atoms with Crippen LogP contribution in [0.4, 0.5) is 11.4 Å². The van der Waals surface area contributed by atoms with Crippen LogP contribution in [0.5, 0.6) is 0 Å². The molecular formula is C26H35N3O2S. The third-order valence-corrected chi connectivity index (χ3v) is 7.86. The molecule has 0 aliphatic carbocycles. The Morgan fingerprint density at radius 2 is 2.00 bits per heavy atom. The van der Waals surface area contributed by atoms with Crippen LogP contribution in [0.2, 0.25) is 0 Å². The molecule has 2 heterocycles. The molecular weight excluding hydrogens is 418 g/mol. The number of fused-ring (bicyclic) bond motifs is 2. The first-order valence-electron chi connectivity index (χ1n) is 11.8. The SMILES string of the molecule is CCC(N1c2ccccc2Sc2ccc(C(=O)NCCC(C)C)cc21)C1(CO)CCCN1. The first-order chi connectivity index (χ1) is 15.5. The minimum absolute atomic E-state index is 0.0267. The second-order valence-electron chi connectivity index (χ2n) is 9.33. The molecule has 172 valence electrons. The largest absolute Gasteiger partial charge is 0.394 e. The standard InChI is InChI=1S/C26H35N3O2S/c1-4-24(26(17-30)13-7-14-28-26)29-20-8-5-6-9-22(20)32-23-11-10-19(16-21(23)29)25(31)27-15-12-18(2)3/h5-6,8-11,16,18,24,28,30H,4,7,12-15,17H2,1-3H3,(H,27,31). The van der Waals surface area contributed by atoms with E-state index < -0.39 is 0 Å². The maximum absolute atomic E-state index is 12.9. The van der Waals surface area contributed by atoms with Crippen molar-refractivity contribution in [2.24, 2.45) is 5.92 Å². The van der Waals surface area contributed by atoms with Gasteiger partial charge in [-0.25, -0.2) is 0 Å². The van der Waals surface area contributed by atoms with Crippen LogP contribution < -0.4 is 15.5 Å². The lowest BCUT2D eigenvalue weighted by molar-refractivity contribution is 0.0952. The smallest absolute Gasteiger partial charge is 0.251 e. The predicted octanol–water partition coefficient (Wildman–Crippen LogP) is 4.96. The Balaban J connectivity index is 1.74. The molecule has 2 unspecified atom stereocenters. The van der Waals surface area contributed by atoms with E-state index in [-0.39, 0.29) is 24.1 Å². The summed E-state index contributed by atoms with van der Waals surface area (Å²) in [5.41, 5.74) is 2.54. The highest BCUT2D eigenvalue weighted by Gasteiger charge is 2.45. The van der Waals surface area contributed by atoms with E-state index in [1.54, 1.807) is 11.8 Å². The van der Waals surface area contributed by atoms with Gasteiger partial charge in [0, 0.05) is 21.9 Å². The van der Waals surface area contributed by atoms with Gasteiger partial charge < -0.3 is 20.6 Å². The minimum Gasteiger partial charge on any atom is -0.394 e. The van der Waals surface area contributed by atoms with Crippen LogP contribution in [0.3, 0.4) is 0 Å². The molecule has 2 aromatic rings. The van der Waals surface area contributed by atoms with Gasteiger partial charge in [-0.05, 0) is 68.5 Å². The lowest BCUT2D eigenvalue weighted by atomic mass is 9.85. The van der Waals surface area contributed by atoms with Crippen LogP contribution in [0.15, 0.2) is 52.3 Å². The zero-order valence-electron chi connectivity index (χ0n) is 19.4. The van der Waals surface area contributed by atoms with Crippen LogP contribution in [0.25, 0.3) is 0 Å². The molecule has 3 N–H and O–H groups in total. The molecule has 4 rings (SSSR count). The van der Waals surface area contributed by atoms with E-state index >= 15 is 0 Å². The van der Waals surface area contributed by atoms with Gasteiger partial charge in [-0.1, -0.05) is 44.7 Å². The number of hydrogen-bond acceptors (Lipinski definition) is 5. The van der Waals surface area contributed by atoms with Gasteiger partial charge in [0.1, 0.15) is 0 Å². The summed E-state index contributed by atoms with van der Waals surface area (Å²) in [5.74, 6) is 0.530. The number of nitrogens with one attached hydrogen (secondary N) is 2. The van der Waals surface area contributed by atoms with Crippen molar-refractivity contribution >= 4 is 29.0 Å². The number of benzene rings is 2. The average Bonchev–Trinajstić information content (AvgIpc) is 3.28. The Bertz CT molecular complexity index is 956. The van der Waals surface area contributed by atoms with Gasteiger partial charge in [-0.2, -0.15) is 0 Å². The summed E-state index contributed by atoms with van der Waals surface area (Å²) >= 11 is 1.75. The third kappa shape index (κ3) is 4.41. The molecule has 1 saturated heterocycles. The monoisotopic (exact) mass is 453 g/mol. The molecule has 2 aromatic carbocycles. The number of para-hydroxylation sites is 1. The van der Waals surface area contributed by atoms with Crippen LogP contribution in [0.1, 0.15) is 56.8 Å². The molecule has 0 bridgehead atoms. The maximum Gasteiger partial charge on any atom is 0.251 e. The quantitative estimate of drug-likeness (QED) is 0.527. The van der Waals surface area contributed by atoms with Gasteiger partial charge in [0.15, 0.2) is 0 Å². The molecule has 0 spiro atoms. The van der Waals surface area contributed by atoms with Gasteiger partial charge in [-0.3, -0.25) is 4.79 Å². The number of anilines is 2. The zero-order valence-corrected chi connectivity index (χ0v) is 20.2. The molecule has 6 heteroatoms. The van der Waals surface area contributed by atoms with Gasteiger partial charge in [-0.15, -0.1) is 0 Å². The van der Waals surface area contributed by atoms with E-state index in [1.165, 1.54) is 4.90 Å². The van der Waals surface area contributed by atoms with Crippen molar-refractivity contribution in [1.82, 2.24) is 10.6 Å². The summed E-state index contributed by atoms with van der Waals surface area (Å²) in [7, 11) is 0. The molecule has 2 atom stereocenters. The summed E-state index contributed by atoms with van der Waals surface area (Å²) in [6.45, 7) is 8.22. The number of amides is 1. The van der Waals surface area contributed by atoms with Crippen molar-refractivity contribution in [3.8, 4) is 0 Å². The predicted molar refractivity (Wildman–Crippen MR) is 132 cm³/mol. The summed E-state index contributed by atoms with van der Waals surface area (Å²) in [6, 6.07) is 14.6. The fraction of sp³-hybridized carbons (Fsp3) is 0.500. The Morgan fingerprint density at radius 1 is 1.22 bits per heavy atom. The number of carbonyl (C=O) groups excluding carboxylic acids is 1. The highest BCUT2D eigenvalue weighted by atomic mass is 32.2. The van der Waals surface area contributed by atoms with E-state index in [0.29, 0.717) is 18.0 Å². The van der Waals surface area contributed by atoms with Gasteiger partial charge in [0.05, 0.1) is 29.6 Å². The highest BCUT2D eigenvalue weighted by molar-refractivity contribution is 7.99. The number of nitrogens with zero attached hydrogens (tertiary/aromatic N) is 1. The Morgan fingerprint density at radius 3 is 2.69 bits per heavy atom. The normalized spacial score (nSPS) is 20.7. The summed E-state index contributed by atoms with van der Waals surface area (Å²) in [6.07, 6.45) is 3.86. The highest BCUT2D eigenvalue weighted by Crippen LogP contribution is 2.51. The maximum atomic E-state index is 12.9. The van der Waals surface area contributed by atoms with E-state index in [0.717, 1.165) is 48.5 Å². The average molecular weight is 454 g/mol. The molecule has 0 radical (unpaired) electrons. The van der Waals surface area contributed by atoms with Crippen molar-refractivity contribution in [2.75, 3.05) is 24.6 Å². The molecule has 32 heavy (non-hydrogen) atoms. The van der Waals surface area contributed by atoms with Crippen molar-refractivity contribution in [2.45, 2.75) is 67.8 Å². The Labute approximate surface area is 196 Å². The lowest BCUT2D eigenvalue weighted by Crippen LogP contribution is -2.59. The molecule has 0 aromatic heterocycles. The van der Waals surface area contributed by atoms with Crippen molar-refractivity contribution < 1.29 is 9.90 Å². The van der Waals surface area contributed by atoms with E-state index in [4.69, 9.17) is 0 Å². The zero-order chi connectivity index (χ0) is 22.7. The lowest BCUT2D eigenvalue weighted by Gasteiger charge is -2.46. The number of rotatable bonds is 8. The molecule has 0 saturated carbocycles. The molecule has 1 fully saturated rings. The van der Waals surface area contributed by atoms with Crippen LogP contribution in [-0.4, -0.2) is 42.3 Å². The molecule has 2 aliphatic rings. The van der Waals surface area contributed by atoms with Crippen molar-refractivity contribution in [3.05, 3.63) is 48.0 Å². The van der Waals surface area contributed by atoms with Gasteiger partial charge in [0.2, 0.25) is 0 Å².